The number of aromatic nitrogens is 2. The normalized spacial score (nSPS) is 14.8. The van der Waals surface area contributed by atoms with Crippen LogP contribution < -0.4 is 37.2 Å². The number of aliphatic hydroxyl groups is 1. The van der Waals surface area contributed by atoms with Gasteiger partial charge in [0.1, 0.15) is 24.4 Å². The summed E-state index contributed by atoms with van der Waals surface area (Å²) in [5.41, 5.74) is 0.657. The molecule has 0 radical (unpaired) electrons. The van der Waals surface area contributed by atoms with E-state index in [4.69, 9.17) is 0 Å². The number of nitrogens with one attached hydrogen (secondary N) is 8. The van der Waals surface area contributed by atoms with Gasteiger partial charge in [-0.15, -0.1) is 0 Å². The summed E-state index contributed by atoms with van der Waals surface area (Å²) in [5, 5.41) is 30.9. The van der Waals surface area contributed by atoms with Crippen LogP contribution in [0.4, 0.5) is 0 Å². The van der Waals surface area contributed by atoms with Crippen molar-refractivity contribution in [1.29, 1.82) is 0 Å². The number of amides is 4. The Balaban J connectivity index is 2.81. The number of nitrogens with zero attached hydrogens (tertiary/aromatic N) is 2. The molecule has 258 valence electrons. The molecular formula is C30H58N10O5. The molecular weight excluding hydrogens is 580 g/mol. The summed E-state index contributed by atoms with van der Waals surface area (Å²) in [6, 6.07) is -2.66. The maximum absolute atomic E-state index is 13.5. The van der Waals surface area contributed by atoms with E-state index in [1.165, 1.54) is 13.3 Å². The Bertz CT molecular complexity index is 986. The molecule has 0 saturated heterocycles. The van der Waals surface area contributed by atoms with E-state index in [1.807, 2.05) is 41.8 Å². The summed E-state index contributed by atoms with van der Waals surface area (Å²) in [6.07, 6.45) is 3.45. The maximum atomic E-state index is 13.5. The molecule has 1 rings (SSSR count). The topological polar surface area (TPSA) is 205 Å². The number of hydrogen-bond acceptors (Lipinski definition) is 10. The number of H-pyrrole nitrogens is 1. The van der Waals surface area contributed by atoms with Gasteiger partial charge in [-0.2, -0.15) is 0 Å². The molecule has 0 bridgehead atoms. The van der Waals surface area contributed by atoms with Gasteiger partial charge in [0.25, 0.3) is 0 Å². The number of imidazole rings is 1. The Hall–Kier alpha value is -3.11. The molecule has 1 heterocycles. The lowest BCUT2D eigenvalue weighted by Gasteiger charge is -2.28. The molecule has 1 unspecified atom stereocenters. The van der Waals surface area contributed by atoms with Crippen molar-refractivity contribution in [3.8, 4) is 0 Å². The number of carbonyl (C=O) groups is 4. The third-order valence-electron chi connectivity index (χ3n) is 7.40. The molecule has 1 aromatic rings. The lowest BCUT2D eigenvalue weighted by atomic mass is 9.96. The van der Waals surface area contributed by atoms with E-state index in [0.29, 0.717) is 31.6 Å². The Morgan fingerprint density at radius 2 is 1.58 bits per heavy atom. The summed E-state index contributed by atoms with van der Waals surface area (Å²) in [5.74, 6) is -1.84. The quantitative estimate of drug-likeness (QED) is 0.0463. The fraction of sp³-hybridized carbons (Fsp3) is 0.767. The Morgan fingerprint density at radius 1 is 0.911 bits per heavy atom. The van der Waals surface area contributed by atoms with Crippen LogP contribution in [0.15, 0.2) is 12.5 Å². The van der Waals surface area contributed by atoms with Gasteiger partial charge in [-0.05, 0) is 32.4 Å². The average Bonchev–Trinajstić information content (AvgIpc) is 3.50. The van der Waals surface area contributed by atoms with E-state index in [0.717, 1.165) is 26.2 Å². The van der Waals surface area contributed by atoms with Crippen molar-refractivity contribution >= 4 is 23.6 Å². The molecule has 0 saturated carbocycles. The highest BCUT2D eigenvalue weighted by molar-refractivity contribution is 5.94. The number of rotatable bonds is 24. The molecule has 0 aliphatic rings. The second-order valence-corrected chi connectivity index (χ2v) is 11.9. The minimum Gasteiger partial charge on any atom is -0.377 e. The second kappa shape index (κ2) is 22.4. The van der Waals surface area contributed by atoms with Gasteiger partial charge in [0.05, 0.1) is 6.33 Å². The van der Waals surface area contributed by atoms with Crippen LogP contribution in [0.2, 0.25) is 0 Å². The van der Waals surface area contributed by atoms with Gasteiger partial charge in [-0.1, -0.05) is 34.1 Å². The molecule has 4 amide bonds. The Kier molecular flexibility index (Phi) is 19.9. The van der Waals surface area contributed by atoms with Crippen molar-refractivity contribution in [2.75, 3.05) is 59.9 Å². The SMILES string of the molecule is CCC(C)[C@H](NC(=O)[C@H](Cc1cnc[nH]1)NC(C)=O)C(=O)N[C@@H](CC(C)C)C(=O)NCCN[C@@H](O)CN(CCNC)CCNC. The van der Waals surface area contributed by atoms with Crippen LogP contribution in [0.5, 0.6) is 0 Å². The number of likely N-dealkylation sites (N-methyl/N-ethyl adjacent to an activating group) is 2. The standard InChI is InChI=1S/C30H58N10O5/c1-8-21(4)27(39-29(44)25(37-22(5)41)16-23-17-33-19-36-23)30(45)38-24(15-20(2)3)28(43)35-10-9-34-26(42)18-40(13-11-31-6)14-12-32-7/h17,19-21,24-27,31-32,34,42H,8-16,18H2,1-7H3,(H,33,36)(H,35,43)(H,37,41)(H,38,45)(H,39,44)/t21?,24-,25-,26-,27-/m0/s1. The molecule has 0 spiro atoms. The van der Waals surface area contributed by atoms with Gasteiger partial charge >= 0.3 is 0 Å². The third-order valence-corrected chi connectivity index (χ3v) is 7.40. The second-order valence-electron chi connectivity index (χ2n) is 11.9. The first-order valence-corrected chi connectivity index (χ1v) is 16.0. The average molecular weight is 639 g/mol. The van der Waals surface area contributed by atoms with Gasteiger partial charge in [-0.3, -0.25) is 29.4 Å². The summed E-state index contributed by atoms with van der Waals surface area (Å²) < 4.78 is 0. The highest BCUT2D eigenvalue weighted by Crippen LogP contribution is 2.12. The summed E-state index contributed by atoms with van der Waals surface area (Å²) in [7, 11) is 3.77. The smallest absolute Gasteiger partial charge is 0.243 e. The van der Waals surface area contributed by atoms with Crippen molar-refractivity contribution in [1.82, 2.24) is 52.1 Å². The van der Waals surface area contributed by atoms with E-state index >= 15 is 0 Å². The molecule has 5 atom stereocenters. The summed E-state index contributed by atoms with van der Waals surface area (Å²) in [6.45, 7) is 13.2. The minimum atomic E-state index is -0.923. The van der Waals surface area contributed by atoms with Gasteiger partial charge < -0.3 is 42.0 Å². The van der Waals surface area contributed by atoms with Crippen LogP contribution >= 0.6 is 0 Å². The van der Waals surface area contributed by atoms with Gasteiger partial charge in [0, 0.05) is 71.0 Å². The molecule has 0 aliphatic carbocycles. The number of carbonyl (C=O) groups excluding carboxylic acids is 4. The van der Waals surface area contributed by atoms with Crippen LogP contribution in [-0.4, -0.2) is 128 Å². The van der Waals surface area contributed by atoms with Crippen LogP contribution in [-0.2, 0) is 25.6 Å². The molecule has 1 aromatic heterocycles. The molecule has 15 heteroatoms. The lowest BCUT2D eigenvalue weighted by molar-refractivity contribution is -0.134. The predicted molar refractivity (Wildman–Crippen MR) is 174 cm³/mol. The van der Waals surface area contributed by atoms with Crippen molar-refractivity contribution in [2.24, 2.45) is 11.8 Å². The number of hydrogen-bond donors (Lipinski definition) is 9. The van der Waals surface area contributed by atoms with E-state index in [9.17, 15) is 24.3 Å². The lowest BCUT2D eigenvalue weighted by Crippen LogP contribution is -2.59. The molecule has 0 fully saturated rings. The number of aromatic amines is 1. The first kappa shape index (κ1) is 39.9. The van der Waals surface area contributed by atoms with E-state index in [1.54, 1.807) is 6.20 Å². The fourth-order valence-electron chi connectivity index (χ4n) is 4.68. The van der Waals surface area contributed by atoms with E-state index < -0.39 is 36.2 Å². The first-order valence-electron chi connectivity index (χ1n) is 16.0. The zero-order valence-electron chi connectivity index (χ0n) is 28.2. The van der Waals surface area contributed by atoms with Gasteiger partial charge in [0.2, 0.25) is 23.6 Å². The highest BCUT2D eigenvalue weighted by atomic mass is 16.3. The van der Waals surface area contributed by atoms with Crippen molar-refractivity contribution in [3.05, 3.63) is 18.2 Å². The van der Waals surface area contributed by atoms with Gasteiger partial charge in [0.15, 0.2) is 0 Å². The largest absolute Gasteiger partial charge is 0.377 e. The van der Waals surface area contributed by atoms with Crippen molar-refractivity contribution in [3.63, 3.8) is 0 Å². The molecule has 15 nitrogen and oxygen atoms in total. The zero-order valence-corrected chi connectivity index (χ0v) is 28.2. The zero-order chi connectivity index (χ0) is 33.8. The van der Waals surface area contributed by atoms with Crippen LogP contribution in [0, 0.1) is 11.8 Å². The first-order chi connectivity index (χ1) is 21.4. The van der Waals surface area contributed by atoms with Crippen LogP contribution in [0.1, 0.15) is 53.2 Å². The minimum absolute atomic E-state index is 0.109. The van der Waals surface area contributed by atoms with E-state index in [-0.39, 0.29) is 36.6 Å². The van der Waals surface area contributed by atoms with Crippen LogP contribution in [0.3, 0.4) is 0 Å². The van der Waals surface area contributed by atoms with Gasteiger partial charge in [-0.25, -0.2) is 4.98 Å². The third kappa shape index (κ3) is 16.7. The molecule has 0 aliphatic heterocycles. The molecule has 0 aromatic carbocycles. The summed E-state index contributed by atoms with van der Waals surface area (Å²) >= 11 is 0. The highest BCUT2D eigenvalue weighted by Gasteiger charge is 2.32. The maximum Gasteiger partial charge on any atom is 0.243 e. The van der Waals surface area contributed by atoms with Crippen molar-refractivity contribution in [2.45, 2.75) is 78.2 Å². The van der Waals surface area contributed by atoms with E-state index in [2.05, 4.69) is 52.1 Å². The van der Waals surface area contributed by atoms with Crippen LogP contribution in [0.25, 0.3) is 0 Å². The fourth-order valence-corrected chi connectivity index (χ4v) is 4.68. The monoisotopic (exact) mass is 638 g/mol. The predicted octanol–water partition coefficient (Wildman–Crippen LogP) is -1.72. The number of aliphatic hydroxyl groups excluding tert-OH is 1. The van der Waals surface area contributed by atoms with Crippen molar-refractivity contribution < 1.29 is 24.3 Å². The Labute approximate surface area is 268 Å². The summed E-state index contributed by atoms with van der Waals surface area (Å²) in [4.78, 5) is 60.8. The Morgan fingerprint density at radius 3 is 2.11 bits per heavy atom. The molecule has 9 N–H and O–H groups in total. The molecule has 45 heavy (non-hydrogen) atoms.